The molecule has 146 valence electrons. The molecule has 0 N–H and O–H groups in total. The Morgan fingerprint density at radius 1 is 1.00 bits per heavy atom. The second-order valence-corrected chi connectivity index (χ2v) is 6.81. The van der Waals surface area contributed by atoms with Crippen LogP contribution >= 0.6 is 11.6 Å². The minimum atomic E-state index is -0.487. The molecule has 1 aliphatic heterocycles. The number of piperazine rings is 1. The SMILES string of the molecule is Cc1cc(C(=O)N2CCN(c3c(Cl)cccc3[N+](=O)[O-])CC2)ccc1[N+](=O)[O-]. The van der Waals surface area contributed by atoms with E-state index in [1.54, 1.807) is 22.8 Å². The molecule has 0 spiro atoms. The van der Waals surface area contributed by atoms with Gasteiger partial charge in [-0.05, 0) is 25.1 Å². The normalized spacial score (nSPS) is 14.1. The third kappa shape index (κ3) is 3.74. The summed E-state index contributed by atoms with van der Waals surface area (Å²) in [5.41, 5.74) is 1.04. The number of nitro benzene ring substituents is 2. The second-order valence-electron chi connectivity index (χ2n) is 6.40. The van der Waals surface area contributed by atoms with E-state index in [1.807, 2.05) is 0 Å². The molecule has 3 rings (SSSR count). The Bertz CT molecular complexity index is 957. The number of hydrogen-bond donors (Lipinski definition) is 0. The molecule has 1 heterocycles. The maximum Gasteiger partial charge on any atom is 0.294 e. The van der Waals surface area contributed by atoms with Gasteiger partial charge < -0.3 is 9.80 Å². The van der Waals surface area contributed by atoms with Gasteiger partial charge in [0.15, 0.2) is 0 Å². The van der Waals surface area contributed by atoms with Crippen molar-refractivity contribution in [2.24, 2.45) is 0 Å². The largest absolute Gasteiger partial charge is 0.361 e. The number of carbonyl (C=O) groups is 1. The fraction of sp³-hybridized carbons (Fsp3) is 0.278. The van der Waals surface area contributed by atoms with Crippen LogP contribution < -0.4 is 4.90 Å². The van der Waals surface area contributed by atoms with Gasteiger partial charge >= 0.3 is 0 Å². The summed E-state index contributed by atoms with van der Waals surface area (Å²) in [6.45, 7) is 3.09. The summed E-state index contributed by atoms with van der Waals surface area (Å²) in [6.07, 6.45) is 0. The van der Waals surface area contributed by atoms with Gasteiger partial charge in [0.05, 0.1) is 14.9 Å². The van der Waals surface area contributed by atoms with Crippen molar-refractivity contribution in [2.45, 2.75) is 6.92 Å². The zero-order chi connectivity index (χ0) is 20.4. The molecule has 2 aromatic carbocycles. The molecule has 0 saturated carbocycles. The van der Waals surface area contributed by atoms with E-state index in [2.05, 4.69) is 0 Å². The quantitative estimate of drug-likeness (QED) is 0.570. The van der Waals surface area contributed by atoms with Gasteiger partial charge in [-0.25, -0.2) is 0 Å². The molecule has 1 saturated heterocycles. The predicted molar refractivity (Wildman–Crippen MR) is 104 cm³/mol. The number of aryl methyl sites for hydroxylation is 1. The Hall–Kier alpha value is -3.20. The molecule has 2 aromatic rings. The molecular weight excluding hydrogens is 388 g/mol. The highest BCUT2D eigenvalue weighted by molar-refractivity contribution is 6.33. The topological polar surface area (TPSA) is 110 Å². The fourth-order valence-electron chi connectivity index (χ4n) is 3.27. The van der Waals surface area contributed by atoms with Gasteiger partial charge in [0, 0.05) is 49.4 Å². The van der Waals surface area contributed by atoms with E-state index in [1.165, 1.54) is 30.3 Å². The highest BCUT2D eigenvalue weighted by atomic mass is 35.5. The lowest BCUT2D eigenvalue weighted by atomic mass is 10.1. The molecule has 1 aliphatic rings. The van der Waals surface area contributed by atoms with E-state index in [0.717, 1.165) is 0 Å². The molecule has 9 nitrogen and oxygen atoms in total. The first-order valence-corrected chi connectivity index (χ1v) is 8.89. The number of nitro groups is 2. The van der Waals surface area contributed by atoms with Crippen molar-refractivity contribution >= 4 is 34.6 Å². The average Bonchev–Trinajstić information content (AvgIpc) is 2.67. The van der Waals surface area contributed by atoms with E-state index in [9.17, 15) is 25.0 Å². The van der Waals surface area contributed by atoms with Gasteiger partial charge in [0.1, 0.15) is 5.69 Å². The molecule has 28 heavy (non-hydrogen) atoms. The lowest BCUT2D eigenvalue weighted by molar-refractivity contribution is -0.385. The standard InChI is InChI=1S/C18H17ClN4O5/c1-12-11-13(5-6-15(12)22(25)26)18(24)21-9-7-20(8-10-21)17-14(19)3-2-4-16(17)23(27)28/h2-6,11H,7-10H2,1H3. The van der Waals surface area contributed by atoms with Gasteiger partial charge in [-0.15, -0.1) is 0 Å². The Morgan fingerprint density at radius 2 is 1.64 bits per heavy atom. The number of benzene rings is 2. The van der Waals surface area contributed by atoms with Crippen LogP contribution in [0.15, 0.2) is 36.4 Å². The van der Waals surface area contributed by atoms with Gasteiger partial charge in [-0.3, -0.25) is 25.0 Å². The predicted octanol–water partition coefficient (Wildman–Crippen LogP) is 3.43. The smallest absolute Gasteiger partial charge is 0.294 e. The molecule has 0 aliphatic carbocycles. The summed E-state index contributed by atoms with van der Waals surface area (Å²) >= 11 is 6.18. The Morgan fingerprint density at radius 3 is 2.21 bits per heavy atom. The lowest BCUT2D eigenvalue weighted by Gasteiger charge is -2.36. The van der Waals surface area contributed by atoms with Crippen LogP contribution in [-0.2, 0) is 0 Å². The average molecular weight is 405 g/mol. The van der Waals surface area contributed by atoms with Crippen molar-refractivity contribution in [1.82, 2.24) is 4.90 Å². The van der Waals surface area contributed by atoms with Crippen molar-refractivity contribution in [2.75, 3.05) is 31.1 Å². The monoisotopic (exact) mass is 404 g/mol. The summed E-state index contributed by atoms with van der Waals surface area (Å²) in [7, 11) is 0. The van der Waals surface area contributed by atoms with Crippen molar-refractivity contribution in [3.63, 3.8) is 0 Å². The number of para-hydroxylation sites is 1. The van der Waals surface area contributed by atoms with Crippen molar-refractivity contribution in [3.8, 4) is 0 Å². The van der Waals surface area contributed by atoms with E-state index >= 15 is 0 Å². The van der Waals surface area contributed by atoms with Gasteiger partial charge in [-0.2, -0.15) is 0 Å². The lowest BCUT2D eigenvalue weighted by Crippen LogP contribution is -2.49. The second kappa shape index (κ2) is 7.81. The molecule has 0 radical (unpaired) electrons. The highest BCUT2D eigenvalue weighted by Gasteiger charge is 2.28. The number of anilines is 1. The summed E-state index contributed by atoms with van der Waals surface area (Å²) in [6, 6.07) is 8.80. The zero-order valence-electron chi connectivity index (χ0n) is 15.0. The molecule has 0 bridgehead atoms. The number of carbonyl (C=O) groups excluding carboxylic acids is 1. The van der Waals surface area contributed by atoms with Crippen LogP contribution in [0.3, 0.4) is 0 Å². The Kier molecular flexibility index (Phi) is 5.46. The summed E-state index contributed by atoms with van der Waals surface area (Å²) in [4.78, 5) is 37.4. The molecule has 0 atom stereocenters. The van der Waals surface area contributed by atoms with E-state index < -0.39 is 9.85 Å². The van der Waals surface area contributed by atoms with Crippen molar-refractivity contribution < 1.29 is 14.6 Å². The molecule has 1 fully saturated rings. The number of rotatable bonds is 4. The number of amides is 1. The van der Waals surface area contributed by atoms with Crippen LogP contribution in [0.25, 0.3) is 0 Å². The van der Waals surface area contributed by atoms with Crippen molar-refractivity contribution in [1.29, 1.82) is 0 Å². The molecule has 0 unspecified atom stereocenters. The first kappa shape index (κ1) is 19.6. The van der Waals surface area contributed by atoms with E-state index in [0.29, 0.717) is 48.0 Å². The number of nitrogens with zero attached hydrogens (tertiary/aromatic N) is 4. The van der Waals surface area contributed by atoms with Crippen LogP contribution in [-0.4, -0.2) is 46.8 Å². The first-order chi connectivity index (χ1) is 13.3. The van der Waals surface area contributed by atoms with Crippen molar-refractivity contribution in [3.05, 3.63) is 72.8 Å². The molecule has 0 aromatic heterocycles. The van der Waals surface area contributed by atoms with Crippen LogP contribution in [0.4, 0.5) is 17.1 Å². The third-order valence-corrected chi connectivity index (χ3v) is 4.99. The Balaban J connectivity index is 1.74. The minimum absolute atomic E-state index is 0.0348. The fourth-order valence-corrected chi connectivity index (χ4v) is 3.56. The molecule has 10 heteroatoms. The maximum atomic E-state index is 12.7. The third-order valence-electron chi connectivity index (χ3n) is 4.69. The van der Waals surface area contributed by atoms with Crippen LogP contribution in [0.5, 0.6) is 0 Å². The van der Waals surface area contributed by atoms with Crippen LogP contribution in [0, 0.1) is 27.2 Å². The first-order valence-electron chi connectivity index (χ1n) is 8.51. The van der Waals surface area contributed by atoms with Gasteiger partial charge in [0.2, 0.25) is 0 Å². The summed E-state index contributed by atoms with van der Waals surface area (Å²) < 4.78 is 0. The zero-order valence-corrected chi connectivity index (χ0v) is 15.8. The van der Waals surface area contributed by atoms with E-state index in [4.69, 9.17) is 11.6 Å². The van der Waals surface area contributed by atoms with Gasteiger partial charge in [-0.1, -0.05) is 17.7 Å². The van der Waals surface area contributed by atoms with Crippen LogP contribution in [0.2, 0.25) is 5.02 Å². The number of halogens is 1. The van der Waals surface area contributed by atoms with E-state index in [-0.39, 0.29) is 17.3 Å². The molecular formula is C18H17ClN4O5. The van der Waals surface area contributed by atoms with Gasteiger partial charge in [0.25, 0.3) is 17.3 Å². The summed E-state index contributed by atoms with van der Waals surface area (Å²) in [5.74, 6) is -0.230. The highest BCUT2D eigenvalue weighted by Crippen LogP contribution is 2.36. The summed E-state index contributed by atoms with van der Waals surface area (Å²) in [5, 5.41) is 22.5. The van der Waals surface area contributed by atoms with Crippen LogP contribution in [0.1, 0.15) is 15.9 Å². The molecule has 1 amide bonds. The maximum absolute atomic E-state index is 12.7. The number of hydrogen-bond acceptors (Lipinski definition) is 6. The minimum Gasteiger partial charge on any atom is -0.361 e. The Labute approximate surface area is 165 Å².